The topological polar surface area (TPSA) is 27.3 Å². The van der Waals surface area contributed by atoms with Gasteiger partial charge in [-0.05, 0) is 35.4 Å². The van der Waals surface area contributed by atoms with E-state index in [4.69, 9.17) is 9.47 Å². The van der Waals surface area contributed by atoms with Crippen molar-refractivity contribution in [3.05, 3.63) is 78.4 Å². The summed E-state index contributed by atoms with van der Waals surface area (Å²) in [4.78, 5) is 0. The third kappa shape index (κ3) is 4.52. The van der Waals surface area contributed by atoms with Crippen molar-refractivity contribution < 1.29 is 26.4 Å². The van der Waals surface area contributed by atoms with Crippen LogP contribution in [0.5, 0.6) is 11.5 Å². The molecule has 0 amide bonds. The minimum Gasteiger partial charge on any atom is -1.00 e. The molecule has 24 heavy (non-hydrogen) atoms. The molecule has 0 aliphatic heterocycles. The Bertz CT molecular complexity index is 688. The Morgan fingerprint density at radius 2 is 1.38 bits per heavy atom. The summed E-state index contributed by atoms with van der Waals surface area (Å²) < 4.78 is 14.7. The van der Waals surface area contributed by atoms with Crippen LogP contribution in [0.3, 0.4) is 0 Å². The Hall–Kier alpha value is -2.46. The zero-order valence-electron chi connectivity index (χ0n) is 13.9. The molecule has 3 aromatic rings. The Morgan fingerprint density at radius 3 is 1.92 bits per heavy atom. The van der Waals surface area contributed by atoms with Gasteiger partial charge in [-0.3, -0.25) is 0 Å². The Kier molecular flexibility index (Phi) is 6.27. The van der Waals surface area contributed by atoms with E-state index >= 15 is 0 Å². The molecule has 1 heterocycles. The molecule has 5 heteroatoms. The van der Waals surface area contributed by atoms with Crippen LogP contribution in [0.15, 0.2) is 67.3 Å². The molecule has 4 nitrogen and oxygen atoms in total. The van der Waals surface area contributed by atoms with Crippen molar-refractivity contribution in [3.63, 3.8) is 0 Å². The lowest BCUT2D eigenvalue weighted by Crippen LogP contribution is -3.00. The van der Waals surface area contributed by atoms with Gasteiger partial charge in [0.2, 0.25) is 6.33 Å². The molecule has 126 valence electrons. The Balaban J connectivity index is 0.00000208. The molecule has 3 rings (SSSR count). The average Bonchev–Trinajstić information content (AvgIpc) is 3.03. The molecule has 0 saturated heterocycles. The summed E-state index contributed by atoms with van der Waals surface area (Å²) in [5.74, 6) is 1.77. The van der Waals surface area contributed by atoms with Crippen molar-refractivity contribution in [1.29, 1.82) is 0 Å². The zero-order chi connectivity index (χ0) is 16.1. The lowest BCUT2D eigenvalue weighted by atomic mass is 10.2. The van der Waals surface area contributed by atoms with Gasteiger partial charge in [-0.25, -0.2) is 9.13 Å². The third-order valence-electron chi connectivity index (χ3n) is 3.79. The summed E-state index contributed by atoms with van der Waals surface area (Å²) in [6, 6.07) is 16.3. The average molecular weight is 345 g/mol. The van der Waals surface area contributed by atoms with E-state index in [9.17, 15) is 0 Å². The summed E-state index contributed by atoms with van der Waals surface area (Å²) in [5, 5.41) is 0. The van der Waals surface area contributed by atoms with Gasteiger partial charge in [0, 0.05) is 0 Å². The molecule has 0 aliphatic carbocycles. The maximum atomic E-state index is 5.19. The quantitative estimate of drug-likeness (QED) is 0.584. The molecule has 0 fully saturated rings. The van der Waals surface area contributed by atoms with Gasteiger partial charge in [-0.2, -0.15) is 0 Å². The number of nitrogens with zero attached hydrogens (tertiary/aromatic N) is 2. The van der Waals surface area contributed by atoms with Crippen LogP contribution < -0.4 is 26.4 Å². The first kappa shape index (κ1) is 17.9. The van der Waals surface area contributed by atoms with Crippen LogP contribution in [0, 0.1) is 0 Å². The predicted molar refractivity (Wildman–Crippen MR) is 88.8 cm³/mol. The third-order valence-corrected chi connectivity index (χ3v) is 3.79. The van der Waals surface area contributed by atoms with Crippen molar-refractivity contribution in [2.45, 2.75) is 13.1 Å². The van der Waals surface area contributed by atoms with E-state index in [0.717, 1.165) is 24.6 Å². The van der Waals surface area contributed by atoms with Crippen LogP contribution in [0.2, 0.25) is 0 Å². The Morgan fingerprint density at radius 1 is 0.833 bits per heavy atom. The van der Waals surface area contributed by atoms with Crippen molar-refractivity contribution in [3.8, 4) is 11.5 Å². The van der Waals surface area contributed by atoms with E-state index in [1.165, 1.54) is 11.1 Å². The van der Waals surface area contributed by atoms with Gasteiger partial charge in [-0.1, -0.05) is 24.3 Å². The highest BCUT2D eigenvalue weighted by molar-refractivity contribution is 5.27. The second-order valence-corrected chi connectivity index (χ2v) is 5.45. The second-order valence-electron chi connectivity index (χ2n) is 5.45. The molecule has 0 bridgehead atoms. The number of rotatable bonds is 6. The van der Waals surface area contributed by atoms with Crippen LogP contribution in [-0.4, -0.2) is 18.8 Å². The summed E-state index contributed by atoms with van der Waals surface area (Å²) >= 11 is 0. The molecule has 0 unspecified atom stereocenters. The predicted octanol–water partition coefficient (Wildman–Crippen LogP) is -0.107. The molecule has 2 aromatic carbocycles. The van der Waals surface area contributed by atoms with Crippen molar-refractivity contribution >= 4 is 0 Å². The fraction of sp³-hybridized carbons (Fsp3) is 0.211. The standard InChI is InChI=1S/C19H21N2O2.ClH/c1-22-18-7-3-16(4-8-18)13-20-11-12-21(15-20)14-17-5-9-19(23-2)10-6-17;/h3-12,15H,13-14H2,1-2H3;1H/q+1;/p-1. The number of hydrogen-bond acceptors (Lipinski definition) is 2. The summed E-state index contributed by atoms with van der Waals surface area (Å²) in [6.45, 7) is 1.69. The fourth-order valence-corrected chi connectivity index (χ4v) is 2.51. The highest BCUT2D eigenvalue weighted by Gasteiger charge is 2.06. The van der Waals surface area contributed by atoms with E-state index in [1.807, 2.05) is 24.3 Å². The van der Waals surface area contributed by atoms with Crippen LogP contribution >= 0.6 is 0 Å². The molecule has 1 aromatic heterocycles. The molecular weight excluding hydrogens is 324 g/mol. The fourth-order valence-electron chi connectivity index (χ4n) is 2.51. The molecule has 0 atom stereocenters. The first-order valence-corrected chi connectivity index (χ1v) is 7.57. The highest BCUT2D eigenvalue weighted by atomic mass is 35.5. The van der Waals surface area contributed by atoms with Crippen molar-refractivity contribution in [1.82, 2.24) is 4.57 Å². The number of methoxy groups -OCH3 is 2. The van der Waals surface area contributed by atoms with Gasteiger partial charge in [-0.15, -0.1) is 0 Å². The summed E-state index contributed by atoms with van der Waals surface area (Å²) in [5.41, 5.74) is 2.50. The number of ether oxygens (including phenoxy) is 2. The monoisotopic (exact) mass is 344 g/mol. The highest BCUT2D eigenvalue weighted by Crippen LogP contribution is 2.13. The van der Waals surface area contributed by atoms with Crippen molar-refractivity contribution in [2.24, 2.45) is 0 Å². The number of aromatic nitrogens is 2. The largest absolute Gasteiger partial charge is 1.00 e. The van der Waals surface area contributed by atoms with Gasteiger partial charge in [0.1, 0.15) is 37.0 Å². The SMILES string of the molecule is COc1ccc(Cn2cc[n+](Cc3ccc(OC)cc3)c2)cc1.[Cl-]. The van der Waals surface area contributed by atoms with Crippen LogP contribution in [-0.2, 0) is 13.1 Å². The molecule has 0 radical (unpaired) electrons. The molecule has 0 saturated carbocycles. The van der Waals surface area contributed by atoms with E-state index in [0.29, 0.717) is 0 Å². The molecular formula is C19H21ClN2O2. The molecule has 0 aliphatic rings. The molecule has 0 spiro atoms. The maximum Gasteiger partial charge on any atom is 0.244 e. The minimum atomic E-state index is 0. The first-order valence-electron chi connectivity index (χ1n) is 7.57. The number of halogens is 1. The van der Waals surface area contributed by atoms with Gasteiger partial charge in [0.15, 0.2) is 0 Å². The zero-order valence-corrected chi connectivity index (χ0v) is 14.6. The first-order chi connectivity index (χ1) is 11.3. The summed E-state index contributed by atoms with van der Waals surface area (Å²) in [6.07, 6.45) is 6.30. The number of benzene rings is 2. The maximum absolute atomic E-state index is 5.19. The second kappa shape index (κ2) is 8.41. The van der Waals surface area contributed by atoms with Crippen LogP contribution in [0.4, 0.5) is 0 Å². The normalized spacial score (nSPS) is 10.1. The van der Waals surface area contributed by atoms with E-state index in [2.05, 4.69) is 52.1 Å². The van der Waals surface area contributed by atoms with Crippen LogP contribution in [0.1, 0.15) is 11.1 Å². The van der Waals surface area contributed by atoms with Gasteiger partial charge in [0.05, 0.1) is 14.2 Å². The van der Waals surface area contributed by atoms with Gasteiger partial charge in [0.25, 0.3) is 0 Å². The number of hydrogen-bond donors (Lipinski definition) is 0. The lowest BCUT2D eigenvalue weighted by molar-refractivity contribution is -0.687. The lowest BCUT2D eigenvalue weighted by Gasteiger charge is -2.02. The van der Waals surface area contributed by atoms with Gasteiger partial charge >= 0.3 is 0 Å². The van der Waals surface area contributed by atoms with Gasteiger partial charge < -0.3 is 21.9 Å². The Labute approximate surface area is 148 Å². The van der Waals surface area contributed by atoms with Crippen LogP contribution in [0.25, 0.3) is 0 Å². The summed E-state index contributed by atoms with van der Waals surface area (Å²) in [7, 11) is 3.37. The number of imidazole rings is 1. The molecule has 0 N–H and O–H groups in total. The minimum absolute atomic E-state index is 0. The van der Waals surface area contributed by atoms with E-state index < -0.39 is 0 Å². The van der Waals surface area contributed by atoms with Crippen molar-refractivity contribution in [2.75, 3.05) is 14.2 Å². The van der Waals surface area contributed by atoms with E-state index in [-0.39, 0.29) is 12.4 Å². The smallest absolute Gasteiger partial charge is 0.244 e. The van der Waals surface area contributed by atoms with E-state index in [1.54, 1.807) is 14.2 Å².